The minimum absolute atomic E-state index is 0.131. The Bertz CT molecular complexity index is 1650. The van der Waals surface area contributed by atoms with E-state index in [0.29, 0.717) is 29.6 Å². The molecule has 3 amide bonds. The van der Waals surface area contributed by atoms with Crippen molar-refractivity contribution in [1.29, 1.82) is 0 Å². The van der Waals surface area contributed by atoms with Crippen LogP contribution in [0.15, 0.2) is 91.4 Å². The van der Waals surface area contributed by atoms with Gasteiger partial charge in [-0.3, -0.25) is 18.8 Å². The van der Waals surface area contributed by atoms with Crippen molar-refractivity contribution in [3.63, 3.8) is 0 Å². The molecular formula is C32H32ClN7O5S. The molecule has 1 unspecified atom stereocenters. The van der Waals surface area contributed by atoms with Gasteiger partial charge < -0.3 is 20.3 Å². The number of pyridine rings is 1. The van der Waals surface area contributed by atoms with E-state index in [1.807, 2.05) is 67.7 Å². The number of halogens is 1. The average Bonchev–Trinajstić information content (AvgIpc) is 3.33. The Labute approximate surface area is 273 Å². The van der Waals surface area contributed by atoms with Crippen molar-refractivity contribution >= 4 is 46.1 Å². The lowest BCUT2D eigenvalue weighted by Gasteiger charge is -2.33. The third-order valence-corrected chi connectivity index (χ3v) is 9.16. The molecule has 46 heavy (non-hydrogen) atoms. The van der Waals surface area contributed by atoms with Crippen LogP contribution in [0.2, 0.25) is 5.02 Å². The number of primary amides is 1. The quantitative estimate of drug-likeness (QED) is 0.313. The van der Waals surface area contributed by atoms with Gasteiger partial charge in [0.2, 0.25) is 12.1 Å². The predicted molar refractivity (Wildman–Crippen MR) is 173 cm³/mol. The van der Waals surface area contributed by atoms with Crippen LogP contribution in [0, 0.1) is 0 Å². The van der Waals surface area contributed by atoms with Gasteiger partial charge in [-0.25, -0.2) is 19.7 Å². The van der Waals surface area contributed by atoms with Crippen LogP contribution < -0.4 is 10.6 Å². The van der Waals surface area contributed by atoms with E-state index in [4.69, 9.17) is 22.1 Å². The number of nitrogens with two attached hydrogens (primary N) is 1. The number of fused-ring (bicyclic) bond motifs is 1. The number of anilines is 1. The molecule has 2 aromatic carbocycles. The second-order valence-electron chi connectivity index (χ2n) is 10.5. The van der Waals surface area contributed by atoms with Gasteiger partial charge >= 0.3 is 6.09 Å². The van der Waals surface area contributed by atoms with Crippen molar-refractivity contribution in [2.75, 3.05) is 43.9 Å². The zero-order valence-corrected chi connectivity index (χ0v) is 26.5. The molecule has 0 bridgehead atoms. The average molecular weight is 662 g/mol. The van der Waals surface area contributed by atoms with Gasteiger partial charge in [-0.2, -0.15) is 0 Å². The minimum Gasteiger partial charge on any atom is -0.419 e. The highest BCUT2D eigenvalue weighted by atomic mass is 35.5. The maximum absolute atomic E-state index is 12.8. The summed E-state index contributed by atoms with van der Waals surface area (Å²) in [5.41, 5.74) is 7.44. The Morgan fingerprint density at radius 1 is 0.935 bits per heavy atom. The zero-order valence-electron chi connectivity index (χ0n) is 24.9. The second kappa shape index (κ2) is 15.0. The summed E-state index contributed by atoms with van der Waals surface area (Å²) in [4.78, 5) is 54.0. The first-order valence-corrected chi connectivity index (χ1v) is 16.1. The first-order valence-electron chi connectivity index (χ1n) is 14.4. The molecule has 0 aliphatic carbocycles. The third kappa shape index (κ3) is 7.73. The molecule has 2 atom stereocenters. The van der Waals surface area contributed by atoms with Crippen LogP contribution in [-0.4, -0.2) is 85.8 Å². The summed E-state index contributed by atoms with van der Waals surface area (Å²) in [5.74, 6) is -0.797. The molecule has 4 heterocycles. The van der Waals surface area contributed by atoms with Crippen LogP contribution in [0.25, 0.3) is 0 Å². The van der Waals surface area contributed by atoms with Gasteiger partial charge in [0.1, 0.15) is 17.3 Å². The molecule has 14 heteroatoms. The van der Waals surface area contributed by atoms with Gasteiger partial charge in [-0.15, -0.1) is 0 Å². The molecule has 2 aromatic heterocycles. The Hall–Kier alpha value is -4.72. The van der Waals surface area contributed by atoms with Gasteiger partial charge in [-0.05, 0) is 30.3 Å². The highest BCUT2D eigenvalue weighted by Gasteiger charge is 2.44. The van der Waals surface area contributed by atoms with Crippen LogP contribution in [-0.2, 0) is 20.3 Å². The van der Waals surface area contributed by atoms with E-state index < -0.39 is 34.9 Å². The van der Waals surface area contributed by atoms with Gasteiger partial charge in [0, 0.05) is 55.6 Å². The smallest absolute Gasteiger partial charge is 0.412 e. The van der Waals surface area contributed by atoms with Crippen molar-refractivity contribution in [1.82, 2.24) is 24.8 Å². The second-order valence-corrected chi connectivity index (χ2v) is 12.5. The summed E-state index contributed by atoms with van der Waals surface area (Å²) in [5, 5.41) is 0.111. The SMILES string of the molecule is CN1CCN(C(=O)O[C@H]2c3nccnc3C(=O)N2c2ccc(Cl)cn2)CC1.NC(=O)CS(=O)C(c1ccccc1)c1ccccc1. The lowest BCUT2D eigenvalue weighted by molar-refractivity contribution is -0.115. The molecule has 0 saturated carbocycles. The Morgan fingerprint density at radius 3 is 2.11 bits per heavy atom. The van der Waals surface area contributed by atoms with Crippen molar-refractivity contribution in [3.8, 4) is 0 Å². The van der Waals surface area contributed by atoms with Crippen LogP contribution >= 0.6 is 11.6 Å². The number of hydrogen-bond donors (Lipinski definition) is 1. The number of carbonyl (C=O) groups is 3. The fraction of sp³-hybridized carbons (Fsp3) is 0.250. The maximum atomic E-state index is 12.8. The van der Waals surface area contributed by atoms with E-state index in [1.165, 1.54) is 23.5 Å². The van der Waals surface area contributed by atoms with Crippen molar-refractivity contribution < 1.29 is 23.3 Å². The molecule has 4 aromatic rings. The van der Waals surface area contributed by atoms with Crippen LogP contribution in [0.4, 0.5) is 10.6 Å². The highest BCUT2D eigenvalue weighted by molar-refractivity contribution is 7.86. The first kappa shape index (κ1) is 32.7. The number of hydrogen-bond acceptors (Lipinski definition) is 9. The van der Waals surface area contributed by atoms with Gasteiger partial charge in [0.05, 0.1) is 10.3 Å². The molecular weight excluding hydrogens is 630 g/mol. The molecule has 238 valence electrons. The molecule has 0 radical (unpaired) electrons. The van der Waals surface area contributed by atoms with Gasteiger partial charge in [0.25, 0.3) is 5.91 Å². The fourth-order valence-electron chi connectivity index (χ4n) is 5.01. The number of benzene rings is 2. The lowest BCUT2D eigenvalue weighted by atomic mass is 10.0. The van der Waals surface area contributed by atoms with Crippen molar-refractivity contribution in [3.05, 3.63) is 119 Å². The summed E-state index contributed by atoms with van der Waals surface area (Å²) in [6.45, 7) is 2.64. The van der Waals surface area contributed by atoms with E-state index >= 15 is 0 Å². The Morgan fingerprint density at radius 2 is 1.54 bits per heavy atom. The number of piperazine rings is 1. The number of likely N-dealkylation sites (N-methyl/N-ethyl adjacent to an activating group) is 1. The molecule has 1 fully saturated rings. The van der Waals surface area contributed by atoms with Crippen LogP contribution in [0.3, 0.4) is 0 Å². The molecule has 12 nitrogen and oxygen atoms in total. The Kier molecular flexibility index (Phi) is 10.7. The number of rotatable bonds is 7. The summed E-state index contributed by atoms with van der Waals surface area (Å²) in [7, 11) is 0.634. The third-order valence-electron chi connectivity index (χ3n) is 7.30. The monoisotopic (exact) mass is 661 g/mol. The number of ether oxygens (including phenoxy) is 1. The summed E-state index contributed by atoms with van der Waals surface area (Å²) in [6, 6.07) is 22.2. The number of nitrogens with zero attached hydrogens (tertiary/aromatic N) is 6. The highest BCUT2D eigenvalue weighted by Crippen LogP contribution is 2.36. The van der Waals surface area contributed by atoms with E-state index in [9.17, 15) is 18.6 Å². The number of amides is 3. The fourth-order valence-corrected chi connectivity index (χ4v) is 6.49. The van der Waals surface area contributed by atoms with Crippen LogP contribution in [0.5, 0.6) is 0 Å². The molecule has 0 spiro atoms. The number of aromatic nitrogens is 3. The Balaban J connectivity index is 0.000000193. The topological polar surface area (TPSA) is 152 Å². The van der Waals surface area contributed by atoms with Crippen molar-refractivity contribution in [2.24, 2.45) is 5.73 Å². The minimum atomic E-state index is -1.36. The first-order chi connectivity index (χ1) is 22.2. The van der Waals surface area contributed by atoms with E-state index in [0.717, 1.165) is 24.2 Å². The summed E-state index contributed by atoms with van der Waals surface area (Å²) >= 11 is 5.89. The normalized spacial score (nSPS) is 16.8. The lowest BCUT2D eigenvalue weighted by Crippen LogP contribution is -2.48. The summed E-state index contributed by atoms with van der Waals surface area (Å²) < 4.78 is 18.0. The predicted octanol–water partition coefficient (Wildman–Crippen LogP) is 3.58. The van der Waals surface area contributed by atoms with E-state index in [-0.39, 0.29) is 16.7 Å². The zero-order chi connectivity index (χ0) is 32.6. The van der Waals surface area contributed by atoms with Crippen LogP contribution in [0.1, 0.15) is 38.8 Å². The number of carbonyl (C=O) groups excluding carboxylic acids is 3. The molecule has 1 saturated heterocycles. The molecule has 2 aliphatic rings. The maximum Gasteiger partial charge on any atom is 0.412 e. The molecule has 2 aliphatic heterocycles. The van der Waals surface area contributed by atoms with E-state index in [1.54, 1.807) is 17.0 Å². The summed E-state index contributed by atoms with van der Waals surface area (Å²) in [6.07, 6.45) is 2.78. The van der Waals surface area contributed by atoms with Gasteiger partial charge in [0.15, 0.2) is 5.69 Å². The van der Waals surface area contributed by atoms with Crippen molar-refractivity contribution in [2.45, 2.75) is 11.5 Å². The van der Waals surface area contributed by atoms with Gasteiger partial charge in [-0.1, -0.05) is 72.3 Å². The molecule has 2 N–H and O–H groups in total. The molecule has 6 rings (SSSR count). The standard InChI is InChI=1S/C17H17ClN6O3.C15H15NO2S/c1-22-6-8-23(9-7-22)17(26)27-16-14-13(19-4-5-20-14)15(25)24(16)12-3-2-11(18)10-21-12;16-14(17)11-19(18)15(12-7-3-1-4-8-12)13-9-5-2-6-10-13/h2-5,10,16H,6-9H2,1H3;1-10,15H,11H2,(H2,16,17)/t16-;/m0./s1. The largest absolute Gasteiger partial charge is 0.419 e. The van der Waals surface area contributed by atoms with E-state index in [2.05, 4.69) is 19.9 Å².